The summed E-state index contributed by atoms with van der Waals surface area (Å²) in [5, 5.41) is 64.3. The molecule has 0 N–H and O–H groups in total. The van der Waals surface area contributed by atoms with Crippen molar-refractivity contribution in [1.82, 2.24) is 0 Å². The first-order valence-corrected chi connectivity index (χ1v) is 8.93. The van der Waals surface area contributed by atoms with Crippen LogP contribution in [-0.2, 0) is 12.4 Å². The van der Waals surface area contributed by atoms with Gasteiger partial charge in [0.15, 0.2) is 0 Å². The molecule has 0 saturated carbocycles. The van der Waals surface area contributed by atoms with E-state index in [2.05, 4.69) is 0 Å². The largest absolute Gasteiger partial charge is 0.417 e. The fourth-order valence-corrected chi connectivity index (χ4v) is 3.22. The van der Waals surface area contributed by atoms with Gasteiger partial charge in [-0.2, -0.15) is 63.2 Å². The second-order valence-electron chi connectivity index (χ2n) is 6.57. The van der Waals surface area contributed by atoms with E-state index in [4.69, 9.17) is 15.8 Å². The Morgan fingerprint density at radius 1 is 0.583 bits per heavy atom. The average molecular weight is 491 g/mol. The van der Waals surface area contributed by atoms with Gasteiger partial charge in [-0.25, -0.2) is 0 Å². The number of rotatable bonds is 1. The van der Waals surface area contributed by atoms with Crippen LogP contribution in [0.25, 0.3) is 11.1 Å². The van der Waals surface area contributed by atoms with Gasteiger partial charge >= 0.3 is 12.4 Å². The van der Waals surface area contributed by atoms with Gasteiger partial charge in [0, 0.05) is 10.4 Å². The van der Waals surface area contributed by atoms with Crippen molar-refractivity contribution in [2.75, 3.05) is 0 Å². The quantitative estimate of drug-likeness (QED) is 0.552. The summed E-state index contributed by atoms with van der Waals surface area (Å²) in [6.45, 7) is 0. The first kappa shape index (κ1) is 26.4. The van der Waals surface area contributed by atoms with Gasteiger partial charge in [0.2, 0.25) is 0 Å². The van der Waals surface area contributed by atoms with Gasteiger partial charge in [-0.3, -0.25) is 0 Å². The third-order valence-corrected chi connectivity index (χ3v) is 4.68. The predicted molar refractivity (Wildman–Crippen MR) is 104 cm³/mol. The van der Waals surface area contributed by atoms with E-state index in [-0.39, 0.29) is 12.1 Å². The summed E-state index contributed by atoms with van der Waals surface area (Å²) in [6, 6.07) is 10.4. The Labute approximate surface area is 197 Å². The van der Waals surface area contributed by atoms with Crippen molar-refractivity contribution in [1.29, 1.82) is 36.8 Å². The van der Waals surface area contributed by atoms with Crippen LogP contribution < -0.4 is 10.4 Å². The third kappa shape index (κ3) is 4.48. The van der Waals surface area contributed by atoms with Crippen LogP contribution in [0.4, 0.5) is 26.3 Å². The van der Waals surface area contributed by atoms with Crippen molar-refractivity contribution in [3.8, 4) is 42.5 Å². The summed E-state index contributed by atoms with van der Waals surface area (Å²) in [7, 11) is 0. The number of nitriles is 7. The molecule has 0 spiro atoms. The van der Waals surface area contributed by atoms with Gasteiger partial charge in [-0.15, -0.1) is 0 Å². The lowest BCUT2D eigenvalue weighted by molar-refractivity contribution is -0.143. The van der Waals surface area contributed by atoms with Crippen LogP contribution in [0.15, 0.2) is 18.2 Å². The van der Waals surface area contributed by atoms with Crippen LogP contribution in [0.3, 0.4) is 0 Å². The molecule has 0 saturated heterocycles. The van der Waals surface area contributed by atoms with E-state index in [0.29, 0.717) is 0 Å². The molecule has 0 amide bonds. The zero-order valence-electron chi connectivity index (χ0n) is 17.1. The van der Waals surface area contributed by atoms with Crippen molar-refractivity contribution >= 4 is 11.1 Å². The van der Waals surface area contributed by atoms with Crippen molar-refractivity contribution in [3.05, 3.63) is 67.6 Å². The van der Waals surface area contributed by atoms with Crippen LogP contribution in [-0.4, -0.2) is 0 Å². The summed E-state index contributed by atoms with van der Waals surface area (Å²) < 4.78 is 81.4. The topological polar surface area (TPSA) is 167 Å². The summed E-state index contributed by atoms with van der Waals surface area (Å²) in [5.74, 6) is 0. The van der Waals surface area contributed by atoms with Crippen LogP contribution in [0.5, 0.6) is 0 Å². The molecule has 0 unspecified atom stereocenters. The van der Waals surface area contributed by atoms with Gasteiger partial charge in [0.05, 0.1) is 45.0 Å². The highest BCUT2D eigenvalue weighted by molar-refractivity contribution is 5.82. The molecule has 2 rings (SSSR count). The summed E-state index contributed by atoms with van der Waals surface area (Å²) >= 11 is 0. The highest BCUT2D eigenvalue weighted by Crippen LogP contribution is 2.40. The first-order valence-electron chi connectivity index (χ1n) is 8.93. The smallest absolute Gasteiger partial charge is 0.192 e. The number of hydrogen-bond acceptors (Lipinski definition) is 7. The summed E-state index contributed by atoms with van der Waals surface area (Å²) in [4.78, 5) is 0. The Hall–Kier alpha value is -5.81. The molecule has 0 heterocycles. The Bertz CT molecular complexity index is 1680. The van der Waals surface area contributed by atoms with Crippen molar-refractivity contribution in [3.63, 3.8) is 0 Å². The van der Waals surface area contributed by atoms with Crippen molar-refractivity contribution in [2.45, 2.75) is 12.4 Å². The maximum absolute atomic E-state index is 13.6. The van der Waals surface area contributed by atoms with Gasteiger partial charge in [0.25, 0.3) is 0 Å². The van der Waals surface area contributed by atoms with Crippen molar-refractivity contribution < 1.29 is 26.3 Å². The molecule has 0 aliphatic rings. The normalized spacial score (nSPS) is 11.3. The molecule has 13 heteroatoms. The fraction of sp³-hybridized carbons (Fsp3) is 0.0870. The molecular formula is C23H3F6N7. The average Bonchev–Trinajstić information content (AvgIpc) is 2.83. The van der Waals surface area contributed by atoms with Crippen LogP contribution >= 0.6 is 0 Å². The Morgan fingerprint density at radius 3 is 1.39 bits per heavy atom. The lowest BCUT2D eigenvalue weighted by Gasteiger charge is -2.17. The highest BCUT2D eigenvalue weighted by Gasteiger charge is 2.42. The summed E-state index contributed by atoms with van der Waals surface area (Å²) in [6.07, 6.45) is -10.9. The van der Waals surface area contributed by atoms with E-state index < -0.39 is 72.9 Å². The van der Waals surface area contributed by atoms with Crippen LogP contribution in [0.1, 0.15) is 38.9 Å². The zero-order chi connectivity index (χ0) is 27.4. The van der Waals surface area contributed by atoms with Gasteiger partial charge in [-0.05, 0) is 23.8 Å². The van der Waals surface area contributed by atoms with Gasteiger partial charge < -0.3 is 0 Å². The lowest BCUT2D eigenvalue weighted by Crippen LogP contribution is -2.26. The third-order valence-electron chi connectivity index (χ3n) is 4.68. The van der Waals surface area contributed by atoms with Crippen LogP contribution in [0, 0.1) is 79.3 Å². The maximum atomic E-state index is 13.6. The molecule has 2 aromatic rings. The first-order chi connectivity index (χ1) is 16.8. The minimum Gasteiger partial charge on any atom is -0.192 e. The molecule has 0 aliphatic heterocycles. The molecule has 0 fully saturated rings. The number of nitrogens with zero attached hydrogens (tertiary/aromatic N) is 7. The number of benzene rings is 2. The minimum absolute atomic E-state index is 0.0801. The molecule has 0 aromatic heterocycles. The van der Waals surface area contributed by atoms with E-state index in [1.807, 2.05) is 0 Å². The molecular weight excluding hydrogens is 488 g/mol. The molecule has 172 valence electrons. The van der Waals surface area contributed by atoms with Gasteiger partial charge in [0.1, 0.15) is 42.0 Å². The van der Waals surface area contributed by atoms with E-state index in [0.717, 1.165) is 12.1 Å². The van der Waals surface area contributed by atoms with E-state index in [9.17, 15) is 47.4 Å². The Balaban J connectivity index is 3.42. The van der Waals surface area contributed by atoms with E-state index >= 15 is 0 Å². The lowest BCUT2D eigenvalue weighted by atomic mass is 9.89. The zero-order valence-corrected chi connectivity index (χ0v) is 17.1. The molecule has 2 aromatic carbocycles. The SMILES string of the molecule is N#CC(C#N)=c1cc(C#N)/c(=C(/C#N)c2cc(C(F)(F)F)c(C#N)c(C(F)(F)F)c2)c(C#N)c1C#N. The number of halogens is 6. The maximum Gasteiger partial charge on any atom is 0.417 e. The molecule has 7 nitrogen and oxygen atoms in total. The van der Waals surface area contributed by atoms with E-state index in [1.54, 1.807) is 0 Å². The Morgan fingerprint density at radius 2 is 1.06 bits per heavy atom. The molecule has 0 bridgehead atoms. The molecule has 0 aliphatic carbocycles. The second-order valence-corrected chi connectivity index (χ2v) is 6.57. The molecule has 0 atom stereocenters. The second kappa shape index (κ2) is 9.59. The molecule has 36 heavy (non-hydrogen) atoms. The van der Waals surface area contributed by atoms with Crippen LogP contribution in [0.2, 0.25) is 0 Å². The Kier molecular flexibility index (Phi) is 7.04. The predicted octanol–water partition coefficient (Wildman–Crippen LogP) is 3.13. The van der Waals surface area contributed by atoms with E-state index in [1.165, 1.54) is 36.4 Å². The number of alkyl halides is 6. The summed E-state index contributed by atoms with van der Waals surface area (Å²) in [5.41, 5.74) is -10.8. The monoisotopic (exact) mass is 491 g/mol. The van der Waals surface area contributed by atoms with Gasteiger partial charge in [-0.1, -0.05) is 0 Å². The number of hydrogen-bond donors (Lipinski definition) is 0. The highest BCUT2D eigenvalue weighted by atomic mass is 19.4. The molecule has 0 radical (unpaired) electrons. The fourth-order valence-electron chi connectivity index (χ4n) is 3.22. The standard InChI is InChI=1S/C23H3F6N7/c24-22(25,26)19-2-11(3-20(18(19)10-36)23(27,28)29)15(7-33)21-12(4-30)1-14(13(5-31)6-32)16(8-34)17(21)9-35/h1-3H/b21-15+. The van der Waals surface area contributed by atoms with Crippen molar-refractivity contribution in [2.24, 2.45) is 0 Å². The minimum atomic E-state index is -5.47.